The summed E-state index contributed by atoms with van der Waals surface area (Å²) in [7, 11) is 0. The summed E-state index contributed by atoms with van der Waals surface area (Å²) in [6.07, 6.45) is 0. The van der Waals surface area contributed by atoms with E-state index in [4.69, 9.17) is 0 Å². The van der Waals surface area contributed by atoms with Gasteiger partial charge in [-0.3, -0.25) is 14.5 Å². The molecular weight excluding hydrogens is 440 g/mol. The van der Waals surface area contributed by atoms with Gasteiger partial charge in [-0.05, 0) is 40.6 Å². The van der Waals surface area contributed by atoms with Crippen LogP contribution in [0.4, 0.5) is 14.5 Å². The first-order chi connectivity index (χ1) is 16.4. The van der Waals surface area contributed by atoms with Gasteiger partial charge in [-0.15, -0.1) is 0 Å². The summed E-state index contributed by atoms with van der Waals surface area (Å²) in [5.74, 6) is -4.34. The molecule has 0 bridgehead atoms. The molecule has 1 amide bonds. The fourth-order valence-electron chi connectivity index (χ4n) is 4.30. The molecule has 34 heavy (non-hydrogen) atoms. The van der Waals surface area contributed by atoms with Gasteiger partial charge in [0, 0.05) is 11.6 Å². The molecule has 1 saturated heterocycles. The number of benzene rings is 4. The topological polar surface area (TPSA) is 77.8 Å². The van der Waals surface area contributed by atoms with Crippen molar-refractivity contribution >= 4 is 33.9 Å². The number of anilines is 1. The number of amides is 1. The number of carbonyl (C=O) groups excluding carboxylic acids is 2. The van der Waals surface area contributed by atoms with Crippen molar-refractivity contribution in [1.29, 1.82) is 0 Å². The second-order valence-corrected chi connectivity index (χ2v) is 7.88. The van der Waals surface area contributed by atoms with Crippen LogP contribution in [0.15, 0.2) is 90.5 Å². The highest BCUT2D eigenvalue weighted by Crippen LogP contribution is 2.44. The lowest BCUT2D eigenvalue weighted by molar-refractivity contribution is -0.132. The van der Waals surface area contributed by atoms with Gasteiger partial charge in [-0.25, -0.2) is 8.78 Å². The highest BCUT2D eigenvalue weighted by molar-refractivity contribution is 6.51. The summed E-state index contributed by atoms with van der Waals surface area (Å²) in [6, 6.07) is 19.3. The molecule has 0 aliphatic carbocycles. The number of ketones is 1. The first-order valence-electron chi connectivity index (χ1n) is 10.4. The lowest BCUT2D eigenvalue weighted by atomic mass is 9.93. The van der Waals surface area contributed by atoms with Crippen LogP contribution in [0.5, 0.6) is 5.75 Å². The van der Waals surface area contributed by atoms with Gasteiger partial charge in [0.1, 0.15) is 23.1 Å². The maximum atomic E-state index is 14.7. The van der Waals surface area contributed by atoms with Crippen LogP contribution in [-0.2, 0) is 9.59 Å². The number of fused-ring (bicyclic) bond motifs is 1. The molecule has 5 nitrogen and oxygen atoms in total. The Morgan fingerprint density at radius 1 is 0.853 bits per heavy atom. The van der Waals surface area contributed by atoms with Gasteiger partial charge in [-0.1, -0.05) is 54.6 Å². The quantitative estimate of drug-likeness (QED) is 0.244. The van der Waals surface area contributed by atoms with Crippen molar-refractivity contribution in [2.24, 2.45) is 0 Å². The summed E-state index contributed by atoms with van der Waals surface area (Å²) in [6.45, 7) is 0. The monoisotopic (exact) mass is 457 g/mol. The van der Waals surface area contributed by atoms with Gasteiger partial charge in [-0.2, -0.15) is 0 Å². The van der Waals surface area contributed by atoms with E-state index in [0.29, 0.717) is 16.5 Å². The number of aliphatic hydroxyl groups is 1. The number of nitrogens with zero attached hydrogens (tertiary/aromatic N) is 1. The number of phenolic OH excluding ortho intramolecular Hbond substituents is 1. The zero-order chi connectivity index (χ0) is 24.0. The van der Waals surface area contributed by atoms with Crippen LogP contribution in [0.25, 0.3) is 16.5 Å². The highest BCUT2D eigenvalue weighted by atomic mass is 19.1. The van der Waals surface area contributed by atoms with Crippen LogP contribution in [-0.4, -0.2) is 21.9 Å². The van der Waals surface area contributed by atoms with Crippen molar-refractivity contribution < 1.29 is 28.6 Å². The summed E-state index contributed by atoms with van der Waals surface area (Å²) in [5, 5.41) is 22.5. The Labute approximate surface area is 192 Å². The zero-order valence-corrected chi connectivity index (χ0v) is 17.6. The van der Waals surface area contributed by atoms with Gasteiger partial charge in [0.05, 0.1) is 17.3 Å². The molecule has 168 valence electrons. The molecule has 4 aromatic rings. The molecule has 4 aromatic carbocycles. The van der Waals surface area contributed by atoms with Gasteiger partial charge in [0.15, 0.2) is 0 Å². The van der Waals surface area contributed by atoms with Crippen LogP contribution in [0.1, 0.15) is 17.2 Å². The Morgan fingerprint density at radius 3 is 2.32 bits per heavy atom. The number of rotatable bonds is 3. The zero-order valence-electron chi connectivity index (χ0n) is 17.6. The average molecular weight is 457 g/mol. The summed E-state index contributed by atoms with van der Waals surface area (Å²) < 4.78 is 28.8. The smallest absolute Gasteiger partial charge is 0.300 e. The summed E-state index contributed by atoms with van der Waals surface area (Å²) in [4.78, 5) is 27.2. The lowest BCUT2D eigenvalue weighted by Gasteiger charge is -2.26. The van der Waals surface area contributed by atoms with Crippen LogP contribution in [0, 0.1) is 11.6 Å². The standard InChI is InChI=1S/C27H17F2NO4/c28-17-10-13-21(29)22(14-17)30-24(16-8-11-18(31)12-9-16)23(26(33)27(30)34)25(32)20-7-3-5-15-4-1-2-6-19(15)20/h1-14,24,31-32H/b25-23-. The van der Waals surface area contributed by atoms with E-state index in [-0.39, 0.29) is 11.3 Å². The van der Waals surface area contributed by atoms with Crippen LogP contribution < -0.4 is 4.90 Å². The van der Waals surface area contributed by atoms with Gasteiger partial charge >= 0.3 is 0 Å². The minimum atomic E-state index is -1.25. The second-order valence-electron chi connectivity index (χ2n) is 7.88. The summed E-state index contributed by atoms with van der Waals surface area (Å²) in [5.41, 5.74) is -0.0603. The third kappa shape index (κ3) is 3.38. The molecule has 0 aromatic heterocycles. The molecule has 1 atom stereocenters. The Morgan fingerprint density at radius 2 is 1.56 bits per heavy atom. The average Bonchev–Trinajstić information content (AvgIpc) is 3.10. The molecule has 1 heterocycles. The largest absolute Gasteiger partial charge is 0.508 e. The number of Topliss-reactive ketones (excluding diaryl/α,β-unsaturated/α-hetero) is 1. The van der Waals surface area contributed by atoms with Crippen molar-refractivity contribution in [1.82, 2.24) is 0 Å². The molecule has 7 heteroatoms. The SMILES string of the molecule is O=C1C(=O)N(c2cc(F)ccc2F)C(c2ccc(O)cc2)/C1=C(/O)c1cccc2ccccc12. The maximum Gasteiger partial charge on any atom is 0.300 e. The Hall–Kier alpha value is -4.52. The maximum absolute atomic E-state index is 14.7. The number of carbonyl (C=O) groups is 2. The molecule has 0 spiro atoms. The van der Waals surface area contributed by atoms with Gasteiger partial charge < -0.3 is 10.2 Å². The van der Waals surface area contributed by atoms with Crippen LogP contribution >= 0.6 is 0 Å². The number of halogens is 2. The minimum absolute atomic E-state index is 0.0632. The van der Waals surface area contributed by atoms with Crippen molar-refractivity contribution in [2.75, 3.05) is 4.90 Å². The van der Waals surface area contributed by atoms with E-state index in [0.717, 1.165) is 28.5 Å². The van der Waals surface area contributed by atoms with E-state index in [2.05, 4.69) is 0 Å². The van der Waals surface area contributed by atoms with Gasteiger partial charge in [0.2, 0.25) is 0 Å². The molecule has 5 rings (SSSR count). The van der Waals surface area contributed by atoms with E-state index >= 15 is 0 Å². The Balaban J connectivity index is 1.80. The first kappa shape index (κ1) is 21.3. The minimum Gasteiger partial charge on any atom is -0.508 e. The predicted molar refractivity (Wildman–Crippen MR) is 123 cm³/mol. The van der Waals surface area contributed by atoms with E-state index in [1.165, 1.54) is 24.3 Å². The van der Waals surface area contributed by atoms with Crippen molar-refractivity contribution in [3.8, 4) is 5.75 Å². The van der Waals surface area contributed by atoms with Crippen molar-refractivity contribution in [2.45, 2.75) is 6.04 Å². The fraction of sp³-hybridized carbons (Fsp3) is 0.0370. The summed E-state index contributed by atoms with van der Waals surface area (Å²) >= 11 is 0. The number of phenols is 1. The van der Waals surface area contributed by atoms with Crippen LogP contribution in [0.3, 0.4) is 0 Å². The number of aromatic hydroxyl groups is 1. The molecule has 0 radical (unpaired) electrons. The predicted octanol–water partition coefficient (Wildman–Crippen LogP) is 5.45. The van der Waals surface area contributed by atoms with Crippen molar-refractivity contribution in [3.05, 3.63) is 113 Å². The van der Waals surface area contributed by atoms with Crippen molar-refractivity contribution in [3.63, 3.8) is 0 Å². The third-order valence-electron chi connectivity index (χ3n) is 5.87. The molecule has 2 N–H and O–H groups in total. The third-order valence-corrected chi connectivity index (χ3v) is 5.87. The molecule has 1 aliphatic heterocycles. The lowest BCUT2D eigenvalue weighted by Crippen LogP contribution is -2.30. The number of hydrogen-bond donors (Lipinski definition) is 2. The van der Waals surface area contributed by atoms with E-state index in [9.17, 15) is 28.6 Å². The second kappa shape index (κ2) is 8.12. The van der Waals surface area contributed by atoms with E-state index in [1.54, 1.807) is 24.3 Å². The van der Waals surface area contributed by atoms with E-state index < -0.39 is 40.8 Å². The van der Waals surface area contributed by atoms with E-state index in [1.807, 2.05) is 18.2 Å². The normalized spacial score (nSPS) is 17.5. The van der Waals surface area contributed by atoms with Gasteiger partial charge in [0.25, 0.3) is 11.7 Å². The fourth-order valence-corrected chi connectivity index (χ4v) is 4.30. The number of aliphatic hydroxyl groups excluding tert-OH is 1. The molecule has 1 aliphatic rings. The molecule has 1 fully saturated rings. The van der Waals surface area contributed by atoms with Crippen LogP contribution in [0.2, 0.25) is 0 Å². The molecular formula is C27H17F2NO4. The Bertz CT molecular complexity index is 1490. The Kier molecular flexibility index (Phi) is 5.09. The highest BCUT2D eigenvalue weighted by Gasteiger charge is 2.48. The molecule has 1 unspecified atom stereocenters. The first-order valence-corrected chi connectivity index (χ1v) is 10.4. The molecule has 0 saturated carbocycles. The number of hydrogen-bond acceptors (Lipinski definition) is 4.